The van der Waals surface area contributed by atoms with E-state index in [9.17, 15) is 4.79 Å². The molecule has 2 unspecified atom stereocenters. The van der Waals surface area contributed by atoms with E-state index in [1.807, 2.05) is 19.1 Å². The number of amides is 1. The van der Waals surface area contributed by atoms with Crippen LogP contribution in [-0.2, 0) is 16.1 Å². The Balaban J connectivity index is 2.11. The number of nitrogens with zero attached hydrogens (tertiary/aromatic N) is 2. The molecule has 0 aromatic carbocycles. The molecule has 1 aromatic heterocycles. The van der Waals surface area contributed by atoms with Gasteiger partial charge in [-0.2, -0.15) is 0 Å². The van der Waals surface area contributed by atoms with Crippen molar-refractivity contribution >= 4 is 5.91 Å². The highest BCUT2D eigenvalue weighted by molar-refractivity contribution is 5.81. The van der Waals surface area contributed by atoms with Crippen LogP contribution in [-0.4, -0.2) is 49.5 Å². The summed E-state index contributed by atoms with van der Waals surface area (Å²) in [6, 6.07) is 4.03. The van der Waals surface area contributed by atoms with Crippen LogP contribution in [0.1, 0.15) is 37.3 Å². The Hall–Kier alpha value is -1.33. The van der Waals surface area contributed by atoms with Crippen molar-refractivity contribution in [2.24, 2.45) is 0 Å². The van der Waals surface area contributed by atoms with Gasteiger partial charge in [0.1, 0.15) is 18.1 Å². The Morgan fingerprint density at radius 3 is 2.95 bits per heavy atom. The number of likely N-dealkylation sites (tertiary alicyclic amines) is 1. The quantitative estimate of drug-likeness (QED) is 0.828. The van der Waals surface area contributed by atoms with Crippen LogP contribution in [0.5, 0.6) is 0 Å². The Kier molecular flexibility index (Phi) is 4.83. The number of carbonyl (C=O) groups is 1. The first kappa shape index (κ1) is 15.1. The molecule has 1 aliphatic rings. The molecule has 2 heterocycles. The maximum atomic E-state index is 12.1. The van der Waals surface area contributed by atoms with E-state index in [0.717, 1.165) is 30.9 Å². The van der Waals surface area contributed by atoms with E-state index in [1.165, 1.54) is 0 Å². The summed E-state index contributed by atoms with van der Waals surface area (Å²) in [6.45, 7) is 3.39. The maximum Gasteiger partial charge on any atom is 0.239 e. The maximum absolute atomic E-state index is 12.1. The predicted molar refractivity (Wildman–Crippen MR) is 76.3 cm³/mol. The highest BCUT2D eigenvalue weighted by atomic mass is 16.5. The zero-order valence-electron chi connectivity index (χ0n) is 12.8. The van der Waals surface area contributed by atoms with Crippen LogP contribution in [0.2, 0.25) is 0 Å². The molecular formula is C15H24N2O3. The van der Waals surface area contributed by atoms with Gasteiger partial charge in [-0.15, -0.1) is 0 Å². The van der Waals surface area contributed by atoms with Crippen LogP contribution in [0.4, 0.5) is 0 Å². The van der Waals surface area contributed by atoms with Crippen LogP contribution in [0.15, 0.2) is 16.5 Å². The normalized spacial score (nSPS) is 21.1. The summed E-state index contributed by atoms with van der Waals surface area (Å²) in [5.41, 5.74) is 0. The number of carbonyl (C=O) groups excluding carboxylic acids is 1. The van der Waals surface area contributed by atoms with Gasteiger partial charge in [0.2, 0.25) is 5.91 Å². The van der Waals surface area contributed by atoms with Crippen molar-refractivity contribution < 1.29 is 13.9 Å². The molecule has 0 spiro atoms. The number of ether oxygens (including phenoxy) is 1. The molecule has 1 fully saturated rings. The topological polar surface area (TPSA) is 45.9 Å². The van der Waals surface area contributed by atoms with Gasteiger partial charge in [-0.25, -0.2) is 0 Å². The Labute approximate surface area is 120 Å². The molecule has 0 N–H and O–H groups in total. The van der Waals surface area contributed by atoms with E-state index in [2.05, 4.69) is 4.90 Å². The Morgan fingerprint density at radius 1 is 1.55 bits per heavy atom. The molecule has 112 valence electrons. The third kappa shape index (κ3) is 3.04. The zero-order valence-corrected chi connectivity index (χ0v) is 12.8. The summed E-state index contributed by atoms with van der Waals surface area (Å²) < 4.78 is 10.9. The molecule has 5 nitrogen and oxygen atoms in total. The summed E-state index contributed by atoms with van der Waals surface area (Å²) in [5, 5.41) is 0. The molecule has 5 heteroatoms. The molecule has 0 bridgehead atoms. The van der Waals surface area contributed by atoms with Gasteiger partial charge >= 0.3 is 0 Å². The largest absolute Gasteiger partial charge is 0.462 e. The predicted octanol–water partition coefficient (Wildman–Crippen LogP) is 2.04. The summed E-state index contributed by atoms with van der Waals surface area (Å²) in [6.07, 6.45) is 2.13. The summed E-state index contributed by atoms with van der Waals surface area (Å²) in [7, 11) is 5.25. The summed E-state index contributed by atoms with van der Waals surface area (Å²) in [5.74, 6) is 1.91. The fourth-order valence-corrected chi connectivity index (χ4v) is 2.87. The summed E-state index contributed by atoms with van der Waals surface area (Å²) in [4.78, 5) is 16.0. The van der Waals surface area contributed by atoms with Crippen LogP contribution < -0.4 is 0 Å². The Morgan fingerprint density at radius 2 is 2.30 bits per heavy atom. The van der Waals surface area contributed by atoms with Crippen LogP contribution in [0.3, 0.4) is 0 Å². The highest BCUT2D eigenvalue weighted by Crippen LogP contribution is 2.34. The van der Waals surface area contributed by atoms with E-state index < -0.39 is 0 Å². The second-order valence-electron chi connectivity index (χ2n) is 5.54. The number of rotatable bonds is 5. The lowest BCUT2D eigenvalue weighted by atomic mass is 10.1. The molecule has 0 saturated carbocycles. The monoisotopic (exact) mass is 280 g/mol. The minimum absolute atomic E-state index is 0.117. The molecule has 20 heavy (non-hydrogen) atoms. The molecule has 2 rings (SSSR count). The minimum Gasteiger partial charge on any atom is -0.462 e. The van der Waals surface area contributed by atoms with E-state index >= 15 is 0 Å². The lowest BCUT2D eigenvalue weighted by Crippen LogP contribution is -2.44. The smallest absolute Gasteiger partial charge is 0.239 e. The van der Waals surface area contributed by atoms with E-state index in [-0.39, 0.29) is 18.0 Å². The van der Waals surface area contributed by atoms with Gasteiger partial charge in [-0.3, -0.25) is 9.69 Å². The van der Waals surface area contributed by atoms with Gasteiger partial charge in [-0.05, 0) is 38.4 Å². The standard InChI is InChI=1S/C15H24N2O3/c1-11(15(18)16(2)3)17-9-5-6-13(17)14-8-7-12(20-14)10-19-4/h7-8,11,13H,5-6,9-10H2,1-4H3. The van der Waals surface area contributed by atoms with Gasteiger partial charge in [0.15, 0.2) is 0 Å². The molecule has 1 saturated heterocycles. The number of furan rings is 1. The molecule has 1 aromatic rings. The van der Waals surface area contributed by atoms with Crippen molar-refractivity contribution in [3.05, 3.63) is 23.7 Å². The fraction of sp³-hybridized carbons (Fsp3) is 0.667. The van der Waals surface area contributed by atoms with E-state index in [4.69, 9.17) is 9.15 Å². The van der Waals surface area contributed by atoms with Gasteiger partial charge < -0.3 is 14.1 Å². The molecule has 0 aliphatic carbocycles. The Bertz CT molecular complexity index is 456. The average molecular weight is 280 g/mol. The lowest BCUT2D eigenvalue weighted by molar-refractivity contribution is -0.134. The number of hydrogen-bond donors (Lipinski definition) is 0. The SMILES string of the molecule is COCc1ccc(C2CCCN2C(C)C(=O)N(C)C)o1. The fourth-order valence-electron chi connectivity index (χ4n) is 2.87. The minimum atomic E-state index is -0.117. The number of hydrogen-bond acceptors (Lipinski definition) is 4. The van der Waals surface area contributed by atoms with Gasteiger partial charge in [0.25, 0.3) is 0 Å². The molecule has 2 atom stereocenters. The van der Waals surface area contributed by atoms with Gasteiger partial charge in [0.05, 0.1) is 12.1 Å². The first-order valence-electron chi connectivity index (χ1n) is 7.09. The van der Waals surface area contributed by atoms with Crippen LogP contribution in [0.25, 0.3) is 0 Å². The van der Waals surface area contributed by atoms with Crippen LogP contribution >= 0.6 is 0 Å². The van der Waals surface area contributed by atoms with Crippen molar-refractivity contribution in [2.45, 2.75) is 38.5 Å². The molecule has 0 radical (unpaired) electrons. The third-order valence-electron chi connectivity index (χ3n) is 3.89. The van der Waals surface area contributed by atoms with Crippen molar-refractivity contribution in [1.29, 1.82) is 0 Å². The van der Waals surface area contributed by atoms with Crippen molar-refractivity contribution in [3.63, 3.8) is 0 Å². The molecule has 1 aliphatic heterocycles. The van der Waals surface area contributed by atoms with Crippen LogP contribution in [0, 0.1) is 0 Å². The first-order chi connectivity index (χ1) is 9.54. The zero-order chi connectivity index (χ0) is 14.7. The average Bonchev–Trinajstić information content (AvgIpc) is 3.05. The van der Waals surface area contributed by atoms with E-state index in [0.29, 0.717) is 6.61 Å². The highest BCUT2D eigenvalue weighted by Gasteiger charge is 2.35. The first-order valence-corrected chi connectivity index (χ1v) is 7.09. The van der Waals surface area contributed by atoms with Crippen molar-refractivity contribution in [3.8, 4) is 0 Å². The lowest BCUT2D eigenvalue weighted by Gasteiger charge is -2.30. The second kappa shape index (κ2) is 6.41. The second-order valence-corrected chi connectivity index (χ2v) is 5.54. The van der Waals surface area contributed by atoms with Crippen molar-refractivity contribution in [2.75, 3.05) is 27.7 Å². The molecular weight excluding hydrogens is 256 g/mol. The van der Waals surface area contributed by atoms with Gasteiger partial charge in [0, 0.05) is 21.2 Å². The third-order valence-corrected chi connectivity index (χ3v) is 3.89. The molecule has 1 amide bonds. The van der Waals surface area contributed by atoms with Crippen molar-refractivity contribution in [1.82, 2.24) is 9.80 Å². The van der Waals surface area contributed by atoms with Gasteiger partial charge in [-0.1, -0.05) is 0 Å². The van der Waals surface area contributed by atoms with E-state index in [1.54, 1.807) is 26.1 Å². The number of likely N-dealkylation sites (N-methyl/N-ethyl adjacent to an activating group) is 1. The number of methoxy groups -OCH3 is 1. The summed E-state index contributed by atoms with van der Waals surface area (Å²) >= 11 is 0.